The summed E-state index contributed by atoms with van der Waals surface area (Å²) in [4.78, 5) is 19.5. The molecule has 0 aromatic heterocycles. The Hall–Kier alpha value is -0.850. The molecule has 1 aromatic carbocycles. The SMILES string of the molecule is CNCC1CCCN(C(=O)CN2CCN(Cc3ccccc3)CC2)C1.Cl.Cl. The number of carbonyl (C=O) groups is 1. The van der Waals surface area contributed by atoms with Gasteiger partial charge in [0.05, 0.1) is 6.54 Å². The van der Waals surface area contributed by atoms with Crippen LogP contribution < -0.4 is 5.32 Å². The molecule has 1 atom stereocenters. The summed E-state index contributed by atoms with van der Waals surface area (Å²) >= 11 is 0. The largest absolute Gasteiger partial charge is 0.341 e. The fourth-order valence-electron chi connectivity index (χ4n) is 3.99. The molecule has 5 nitrogen and oxygen atoms in total. The lowest BCUT2D eigenvalue weighted by Crippen LogP contribution is -2.51. The number of carbonyl (C=O) groups excluding carboxylic acids is 1. The van der Waals surface area contributed by atoms with E-state index in [9.17, 15) is 4.79 Å². The van der Waals surface area contributed by atoms with Crippen LogP contribution in [0.15, 0.2) is 30.3 Å². The van der Waals surface area contributed by atoms with Gasteiger partial charge in [-0.2, -0.15) is 0 Å². The van der Waals surface area contributed by atoms with Crippen LogP contribution in [0.3, 0.4) is 0 Å². The van der Waals surface area contributed by atoms with Gasteiger partial charge in [0.25, 0.3) is 0 Å². The summed E-state index contributed by atoms with van der Waals surface area (Å²) in [6.07, 6.45) is 2.38. The molecule has 2 heterocycles. The first-order valence-electron chi connectivity index (χ1n) is 9.65. The maximum absolute atomic E-state index is 12.6. The predicted molar refractivity (Wildman–Crippen MR) is 116 cm³/mol. The standard InChI is InChI=1S/C20H32N4O.2ClH/c1-21-14-19-8-5-9-24(16-19)20(25)17-23-12-10-22(11-13-23)15-18-6-3-2-4-7-18;;/h2-4,6-7,19,21H,5,8-17H2,1H3;2*1H. The number of hydrogen-bond donors (Lipinski definition) is 1. The summed E-state index contributed by atoms with van der Waals surface area (Å²) in [5.41, 5.74) is 1.37. The van der Waals surface area contributed by atoms with Crippen molar-refractivity contribution in [2.75, 3.05) is 59.4 Å². The van der Waals surface area contributed by atoms with E-state index in [1.807, 2.05) is 7.05 Å². The second-order valence-corrected chi connectivity index (χ2v) is 7.44. The Labute approximate surface area is 176 Å². The zero-order valence-electron chi connectivity index (χ0n) is 16.3. The molecule has 2 saturated heterocycles. The number of likely N-dealkylation sites (tertiary alicyclic amines) is 1. The van der Waals surface area contributed by atoms with Crippen molar-refractivity contribution in [1.29, 1.82) is 0 Å². The molecule has 3 rings (SSSR count). The molecule has 0 radical (unpaired) electrons. The lowest BCUT2D eigenvalue weighted by molar-refractivity contribution is -0.134. The molecule has 0 bridgehead atoms. The lowest BCUT2D eigenvalue weighted by Gasteiger charge is -2.37. The number of rotatable bonds is 6. The molecule has 2 fully saturated rings. The Balaban J connectivity index is 0.00000182. The van der Waals surface area contributed by atoms with Gasteiger partial charge in [-0.3, -0.25) is 14.6 Å². The molecule has 0 spiro atoms. The number of piperidine rings is 1. The Morgan fingerprint density at radius 2 is 1.70 bits per heavy atom. The Morgan fingerprint density at radius 1 is 1.04 bits per heavy atom. The van der Waals surface area contributed by atoms with Crippen molar-refractivity contribution in [2.45, 2.75) is 19.4 Å². The van der Waals surface area contributed by atoms with Crippen LogP contribution in [-0.2, 0) is 11.3 Å². The van der Waals surface area contributed by atoms with E-state index >= 15 is 0 Å². The maximum atomic E-state index is 12.6. The second-order valence-electron chi connectivity index (χ2n) is 7.44. The highest BCUT2D eigenvalue weighted by Crippen LogP contribution is 2.16. The fraction of sp³-hybridized carbons (Fsp3) is 0.650. The minimum atomic E-state index is 0. The van der Waals surface area contributed by atoms with Crippen LogP contribution in [0, 0.1) is 5.92 Å². The molecule has 2 aliphatic rings. The van der Waals surface area contributed by atoms with Gasteiger partial charge in [0.2, 0.25) is 5.91 Å². The van der Waals surface area contributed by atoms with Gasteiger partial charge >= 0.3 is 0 Å². The number of halogens is 2. The number of piperazine rings is 1. The fourth-order valence-corrected chi connectivity index (χ4v) is 3.99. The zero-order valence-corrected chi connectivity index (χ0v) is 17.9. The van der Waals surface area contributed by atoms with Gasteiger partial charge in [-0.25, -0.2) is 0 Å². The third-order valence-corrected chi connectivity index (χ3v) is 5.44. The third-order valence-electron chi connectivity index (χ3n) is 5.44. The first-order valence-corrected chi connectivity index (χ1v) is 9.65. The molecule has 1 amide bonds. The van der Waals surface area contributed by atoms with Gasteiger partial charge in [0.1, 0.15) is 0 Å². The van der Waals surface area contributed by atoms with Gasteiger partial charge in [0.15, 0.2) is 0 Å². The molecule has 0 aliphatic carbocycles. The minimum absolute atomic E-state index is 0. The maximum Gasteiger partial charge on any atom is 0.236 e. The average molecular weight is 417 g/mol. The van der Waals surface area contributed by atoms with Crippen molar-refractivity contribution >= 4 is 30.7 Å². The number of amides is 1. The van der Waals surface area contributed by atoms with Crippen molar-refractivity contribution in [3.8, 4) is 0 Å². The van der Waals surface area contributed by atoms with Gasteiger partial charge in [-0.05, 0) is 37.9 Å². The second kappa shape index (κ2) is 12.6. The summed E-state index contributed by atoms with van der Waals surface area (Å²) < 4.78 is 0. The molecule has 1 N–H and O–H groups in total. The van der Waals surface area contributed by atoms with Crippen molar-refractivity contribution in [2.24, 2.45) is 5.92 Å². The van der Waals surface area contributed by atoms with Crippen LogP contribution >= 0.6 is 24.8 Å². The number of benzene rings is 1. The topological polar surface area (TPSA) is 38.8 Å². The van der Waals surface area contributed by atoms with Crippen LogP contribution in [0.4, 0.5) is 0 Å². The Bertz CT molecular complexity index is 536. The van der Waals surface area contributed by atoms with Crippen LogP contribution in [0.25, 0.3) is 0 Å². The van der Waals surface area contributed by atoms with E-state index in [1.165, 1.54) is 12.0 Å². The molecule has 0 saturated carbocycles. The number of nitrogens with one attached hydrogen (secondary N) is 1. The summed E-state index contributed by atoms with van der Waals surface area (Å²) in [5, 5.41) is 3.25. The smallest absolute Gasteiger partial charge is 0.236 e. The summed E-state index contributed by atoms with van der Waals surface area (Å²) in [6.45, 7) is 8.56. The first kappa shape index (κ1) is 24.2. The van der Waals surface area contributed by atoms with Crippen LogP contribution in [0.5, 0.6) is 0 Å². The molecule has 2 aliphatic heterocycles. The van der Waals surface area contributed by atoms with E-state index < -0.39 is 0 Å². The Morgan fingerprint density at radius 3 is 2.37 bits per heavy atom. The van der Waals surface area contributed by atoms with E-state index in [1.54, 1.807) is 0 Å². The van der Waals surface area contributed by atoms with Crippen molar-refractivity contribution in [3.63, 3.8) is 0 Å². The van der Waals surface area contributed by atoms with E-state index in [4.69, 9.17) is 0 Å². The van der Waals surface area contributed by atoms with Crippen LogP contribution in [0.2, 0.25) is 0 Å². The molecule has 1 aromatic rings. The molecule has 154 valence electrons. The Kier molecular flexibility index (Phi) is 11.3. The quantitative estimate of drug-likeness (QED) is 0.770. The van der Waals surface area contributed by atoms with Crippen LogP contribution in [-0.4, -0.2) is 80.0 Å². The van der Waals surface area contributed by atoms with Crippen molar-refractivity contribution < 1.29 is 4.79 Å². The highest BCUT2D eigenvalue weighted by molar-refractivity contribution is 5.85. The highest BCUT2D eigenvalue weighted by atomic mass is 35.5. The number of nitrogens with zero attached hydrogens (tertiary/aromatic N) is 3. The van der Waals surface area contributed by atoms with Crippen molar-refractivity contribution in [3.05, 3.63) is 35.9 Å². The van der Waals surface area contributed by atoms with Gasteiger partial charge in [-0.1, -0.05) is 30.3 Å². The highest BCUT2D eigenvalue weighted by Gasteiger charge is 2.25. The van der Waals surface area contributed by atoms with Gasteiger partial charge in [-0.15, -0.1) is 24.8 Å². The predicted octanol–water partition coefficient (Wildman–Crippen LogP) is 2.11. The van der Waals surface area contributed by atoms with E-state index in [0.29, 0.717) is 18.4 Å². The third kappa shape index (κ3) is 7.59. The molecular weight excluding hydrogens is 383 g/mol. The summed E-state index contributed by atoms with van der Waals surface area (Å²) in [7, 11) is 2.00. The summed E-state index contributed by atoms with van der Waals surface area (Å²) in [6, 6.07) is 10.6. The van der Waals surface area contributed by atoms with E-state index in [-0.39, 0.29) is 24.8 Å². The zero-order chi connectivity index (χ0) is 17.5. The monoisotopic (exact) mass is 416 g/mol. The normalized spacial score (nSPS) is 21.2. The lowest BCUT2D eigenvalue weighted by atomic mass is 9.98. The van der Waals surface area contributed by atoms with Crippen molar-refractivity contribution in [1.82, 2.24) is 20.0 Å². The molecule has 27 heavy (non-hydrogen) atoms. The van der Waals surface area contributed by atoms with E-state index in [0.717, 1.165) is 58.8 Å². The van der Waals surface area contributed by atoms with Gasteiger partial charge in [0, 0.05) is 45.8 Å². The average Bonchev–Trinajstić information content (AvgIpc) is 2.65. The van der Waals surface area contributed by atoms with E-state index in [2.05, 4.69) is 50.3 Å². The molecule has 7 heteroatoms. The first-order chi connectivity index (χ1) is 12.2. The number of hydrogen-bond acceptors (Lipinski definition) is 4. The molecular formula is C20H34Cl2N4O. The summed E-state index contributed by atoms with van der Waals surface area (Å²) in [5.74, 6) is 0.933. The van der Waals surface area contributed by atoms with Crippen LogP contribution in [0.1, 0.15) is 18.4 Å². The minimum Gasteiger partial charge on any atom is -0.341 e. The van der Waals surface area contributed by atoms with Gasteiger partial charge < -0.3 is 10.2 Å². The molecule has 1 unspecified atom stereocenters.